The number of hydrogen-bond acceptors (Lipinski definition) is 4. The normalized spacial score (nSPS) is 14.5. The van der Waals surface area contributed by atoms with Crippen molar-refractivity contribution in [2.45, 2.75) is 12.8 Å². The average Bonchev–Trinajstić information content (AvgIpc) is 3.12. The van der Waals surface area contributed by atoms with Gasteiger partial charge >= 0.3 is 0 Å². The molecule has 1 aliphatic rings. The minimum Gasteiger partial charge on any atom is -0.381 e. The topological polar surface area (TPSA) is 66.9 Å². The van der Waals surface area contributed by atoms with Crippen molar-refractivity contribution in [2.75, 3.05) is 18.4 Å². The van der Waals surface area contributed by atoms with Crippen LogP contribution in [-0.4, -0.2) is 29.2 Å². The van der Waals surface area contributed by atoms with Gasteiger partial charge in [-0.05, 0) is 12.8 Å². The Labute approximate surface area is 109 Å². The van der Waals surface area contributed by atoms with E-state index in [2.05, 4.69) is 20.8 Å². The Kier molecular flexibility index (Phi) is 4.02. The van der Waals surface area contributed by atoms with Crippen molar-refractivity contribution in [1.29, 1.82) is 0 Å². The number of rotatable bonds is 5. The van der Waals surface area contributed by atoms with E-state index >= 15 is 0 Å². The van der Waals surface area contributed by atoms with Crippen LogP contribution in [0.1, 0.15) is 12.8 Å². The molecule has 0 aliphatic heterocycles. The lowest BCUT2D eigenvalue weighted by Gasteiger charge is -2.08. The Bertz CT molecular complexity index is 423. The summed E-state index contributed by atoms with van der Waals surface area (Å²) in [5.74, 6) is 0.361. The van der Waals surface area contributed by atoms with E-state index < -0.39 is 0 Å². The maximum Gasteiger partial charge on any atom is 0.223 e. The molecule has 0 saturated heterocycles. The first-order valence-electron chi connectivity index (χ1n) is 5.37. The Morgan fingerprint density at radius 2 is 2.12 bits per heavy atom. The number of nitrogens with one attached hydrogen (secondary N) is 2. The van der Waals surface area contributed by atoms with E-state index in [-0.39, 0.29) is 22.1 Å². The molecule has 0 spiro atoms. The van der Waals surface area contributed by atoms with Crippen LogP contribution in [0.5, 0.6) is 0 Å². The molecule has 0 radical (unpaired) electrons. The first-order valence-corrected chi connectivity index (χ1v) is 6.12. The van der Waals surface area contributed by atoms with Gasteiger partial charge in [0.15, 0.2) is 10.3 Å². The zero-order chi connectivity index (χ0) is 12.3. The SMILES string of the molecule is O=C(NCCNc1cc(Cl)nnc1Cl)C1CC1. The third kappa shape index (κ3) is 3.71. The highest BCUT2D eigenvalue weighted by Crippen LogP contribution is 2.28. The predicted molar refractivity (Wildman–Crippen MR) is 66.3 cm³/mol. The summed E-state index contributed by atoms with van der Waals surface area (Å²) in [4.78, 5) is 11.3. The van der Waals surface area contributed by atoms with Gasteiger partial charge in [0.2, 0.25) is 5.91 Å². The summed E-state index contributed by atoms with van der Waals surface area (Å²) in [5.41, 5.74) is 0.618. The summed E-state index contributed by atoms with van der Waals surface area (Å²) in [6.45, 7) is 1.12. The van der Waals surface area contributed by atoms with Gasteiger partial charge in [-0.3, -0.25) is 4.79 Å². The van der Waals surface area contributed by atoms with Gasteiger partial charge in [-0.25, -0.2) is 0 Å². The quantitative estimate of drug-likeness (QED) is 0.803. The molecule has 1 aromatic rings. The molecular weight excluding hydrogens is 263 g/mol. The maximum absolute atomic E-state index is 11.3. The molecule has 1 saturated carbocycles. The minimum atomic E-state index is 0.129. The van der Waals surface area contributed by atoms with Crippen LogP contribution in [0.15, 0.2) is 6.07 Å². The molecule has 2 rings (SSSR count). The zero-order valence-corrected chi connectivity index (χ0v) is 10.6. The van der Waals surface area contributed by atoms with Crippen LogP contribution < -0.4 is 10.6 Å². The van der Waals surface area contributed by atoms with Gasteiger partial charge < -0.3 is 10.6 Å². The number of aromatic nitrogens is 2. The fourth-order valence-corrected chi connectivity index (χ4v) is 1.66. The van der Waals surface area contributed by atoms with Crippen molar-refractivity contribution in [3.8, 4) is 0 Å². The van der Waals surface area contributed by atoms with Crippen LogP contribution in [0, 0.1) is 5.92 Å². The van der Waals surface area contributed by atoms with Crippen molar-refractivity contribution in [3.63, 3.8) is 0 Å². The van der Waals surface area contributed by atoms with E-state index in [9.17, 15) is 4.79 Å². The third-order valence-corrected chi connectivity index (χ3v) is 2.87. The maximum atomic E-state index is 11.3. The molecular formula is C10H12Cl2N4O. The second-order valence-electron chi connectivity index (χ2n) is 3.86. The van der Waals surface area contributed by atoms with Gasteiger partial charge in [0.05, 0.1) is 5.69 Å². The second-order valence-corrected chi connectivity index (χ2v) is 4.61. The fourth-order valence-electron chi connectivity index (χ4n) is 1.35. The van der Waals surface area contributed by atoms with E-state index in [1.807, 2.05) is 0 Å². The number of anilines is 1. The van der Waals surface area contributed by atoms with Gasteiger partial charge in [0.1, 0.15) is 0 Å². The molecule has 5 nitrogen and oxygen atoms in total. The highest BCUT2D eigenvalue weighted by molar-refractivity contribution is 6.33. The molecule has 1 fully saturated rings. The summed E-state index contributed by atoms with van der Waals surface area (Å²) >= 11 is 11.5. The van der Waals surface area contributed by atoms with Crippen molar-refractivity contribution in [3.05, 3.63) is 16.4 Å². The Morgan fingerprint density at radius 1 is 1.35 bits per heavy atom. The van der Waals surface area contributed by atoms with Gasteiger partial charge in [0.25, 0.3) is 0 Å². The summed E-state index contributed by atoms with van der Waals surface area (Å²) in [6, 6.07) is 1.60. The van der Waals surface area contributed by atoms with Gasteiger partial charge in [0, 0.05) is 25.1 Å². The molecule has 1 heterocycles. The Balaban J connectivity index is 1.73. The smallest absolute Gasteiger partial charge is 0.223 e. The molecule has 7 heteroatoms. The van der Waals surface area contributed by atoms with Gasteiger partial charge in [-0.2, -0.15) is 0 Å². The van der Waals surface area contributed by atoms with Crippen LogP contribution in [0.2, 0.25) is 10.3 Å². The van der Waals surface area contributed by atoms with Crippen LogP contribution in [0.4, 0.5) is 5.69 Å². The van der Waals surface area contributed by atoms with E-state index in [1.54, 1.807) is 6.07 Å². The highest BCUT2D eigenvalue weighted by Gasteiger charge is 2.28. The first kappa shape index (κ1) is 12.4. The van der Waals surface area contributed by atoms with Crippen LogP contribution >= 0.6 is 23.2 Å². The van der Waals surface area contributed by atoms with Crippen molar-refractivity contribution in [1.82, 2.24) is 15.5 Å². The predicted octanol–water partition coefficient (Wildman–Crippen LogP) is 1.72. The Morgan fingerprint density at radius 3 is 2.82 bits per heavy atom. The van der Waals surface area contributed by atoms with E-state index in [4.69, 9.17) is 23.2 Å². The van der Waals surface area contributed by atoms with Crippen LogP contribution in [-0.2, 0) is 4.79 Å². The van der Waals surface area contributed by atoms with Crippen LogP contribution in [0.3, 0.4) is 0 Å². The molecule has 0 bridgehead atoms. The van der Waals surface area contributed by atoms with E-state index in [1.165, 1.54) is 0 Å². The summed E-state index contributed by atoms with van der Waals surface area (Å²) in [5, 5.41) is 13.7. The highest BCUT2D eigenvalue weighted by atomic mass is 35.5. The lowest BCUT2D eigenvalue weighted by Crippen LogP contribution is -2.29. The van der Waals surface area contributed by atoms with Crippen LogP contribution in [0.25, 0.3) is 0 Å². The number of carbonyl (C=O) groups excluding carboxylic acids is 1. The summed E-state index contributed by atoms with van der Waals surface area (Å²) < 4.78 is 0. The molecule has 1 aromatic heterocycles. The zero-order valence-electron chi connectivity index (χ0n) is 9.04. The molecule has 0 atom stereocenters. The monoisotopic (exact) mass is 274 g/mol. The fraction of sp³-hybridized carbons (Fsp3) is 0.500. The molecule has 0 aromatic carbocycles. The van der Waals surface area contributed by atoms with Crippen molar-refractivity contribution >= 4 is 34.8 Å². The summed E-state index contributed by atoms with van der Waals surface area (Å²) in [7, 11) is 0. The second kappa shape index (κ2) is 5.51. The number of hydrogen-bond donors (Lipinski definition) is 2. The molecule has 92 valence electrons. The number of carbonyl (C=O) groups is 1. The third-order valence-electron chi connectivity index (χ3n) is 2.41. The number of halogens is 2. The first-order chi connectivity index (χ1) is 8.16. The molecule has 0 unspecified atom stereocenters. The average molecular weight is 275 g/mol. The Hall–Kier alpha value is -1.07. The lowest BCUT2D eigenvalue weighted by molar-refractivity contribution is -0.122. The number of amides is 1. The van der Waals surface area contributed by atoms with E-state index in [0.717, 1.165) is 12.8 Å². The standard InChI is InChI=1S/C10H12Cl2N4O/c11-8-5-7(9(12)16-15-8)13-3-4-14-10(17)6-1-2-6/h5-6H,1-4H2,(H,13,15)(H,14,17). The molecule has 17 heavy (non-hydrogen) atoms. The molecule has 1 amide bonds. The lowest BCUT2D eigenvalue weighted by atomic mass is 10.4. The van der Waals surface area contributed by atoms with Crippen molar-refractivity contribution in [2.24, 2.45) is 5.92 Å². The van der Waals surface area contributed by atoms with E-state index in [0.29, 0.717) is 18.8 Å². The molecule has 2 N–H and O–H groups in total. The largest absolute Gasteiger partial charge is 0.381 e. The van der Waals surface area contributed by atoms with Gasteiger partial charge in [-0.1, -0.05) is 23.2 Å². The summed E-state index contributed by atoms with van der Waals surface area (Å²) in [6.07, 6.45) is 2.02. The molecule has 1 aliphatic carbocycles. The van der Waals surface area contributed by atoms with Crippen molar-refractivity contribution < 1.29 is 4.79 Å². The number of nitrogens with zero attached hydrogens (tertiary/aromatic N) is 2. The minimum absolute atomic E-state index is 0.129. The van der Waals surface area contributed by atoms with Gasteiger partial charge in [-0.15, -0.1) is 10.2 Å².